The van der Waals surface area contributed by atoms with Crippen molar-refractivity contribution >= 4 is 212 Å². The van der Waals surface area contributed by atoms with Crippen molar-refractivity contribution in [3.63, 3.8) is 0 Å². The van der Waals surface area contributed by atoms with Crippen molar-refractivity contribution in [1.29, 1.82) is 0 Å². The summed E-state index contributed by atoms with van der Waals surface area (Å²) in [6.07, 6.45) is 10.7. The molecule has 9 heterocycles. The molecule has 0 spiro atoms. The second-order valence-electron chi connectivity index (χ2n) is 39.0. The van der Waals surface area contributed by atoms with Gasteiger partial charge in [0.15, 0.2) is 0 Å². The zero-order valence-corrected chi connectivity index (χ0v) is 79.3. The van der Waals surface area contributed by atoms with Gasteiger partial charge in [-0.15, -0.1) is 0 Å². The molecule has 0 fully saturated rings. The van der Waals surface area contributed by atoms with Crippen molar-refractivity contribution in [1.82, 2.24) is 43.1 Å². The largest absolute Gasteiger partial charge is 0.308 e. The van der Waals surface area contributed by atoms with E-state index in [1.807, 2.05) is 0 Å². The zero-order valence-electron chi connectivity index (χ0n) is 79.3. The topological polar surface area (TPSA) is 90.6 Å². The van der Waals surface area contributed by atoms with Gasteiger partial charge in [0.2, 0.25) is 0 Å². The van der Waals surface area contributed by atoms with Crippen LogP contribution in [-0.4, -0.2) is 43.1 Å². The molecule has 0 atom stereocenters. The van der Waals surface area contributed by atoms with Gasteiger partial charge in [0, 0.05) is 134 Å². The second-order valence-corrected chi connectivity index (χ2v) is 39.0. The summed E-state index contributed by atoms with van der Waals surface area (Å²) >= 11 is 0. The Bertz CT molecular complexity index is 10800. The first kappa shape index (κ1) is 82.0. The van der Waals surface area contributed by atoms with Gasteiger partial charge in [-0.05, 0) is 254 Å². The van der Waals surface area contributed by atoms with E-state index in [2.05, 4.69) is 468 Å². The summed E-state index contributed by atoms with van der Waals surface area (Å²) < 4.78 is 7.37. The monoisotopic (exact) mass is 1860 g/mol. The smallest absolute Gasteiger partial charge is 0.0971 e. The van der Waals surface area contributed by atoms with Crippen LogP contribution in [0.4, 0.5) is 0 Å². The van der Waals surface area contributed by atoms with Gasteiger partial charge in [-0.2, -0.15) is 0 Å². The maximum absolute atomic E-state index is 4.80. The predicted octanol–water partition coefficient (Wildman–Crippen LogP) is 36.3. The molecule has 9 nitrogen and oxygen atoms in total. The van der Waals surface area contributed by atoms with Crippen LogP contribution in [0.1, 0.15) is 0 Å². The van der Waals surface area contributed by atoms with Gasteiger partial charge in [-0.25, -0.2) is 0 Å². The molecule has 33 rings (SSSR count). The SMILES string of the molecule is c1ccc(-c2cc3c4ccccc4n4c5ccc(-c6cccc(-c7ccc8c(c7)c7ccccc7c7nccnc87)c6)cc5c(c2)c34)cc1.c1ccc(-c2cc3c4ccccc4n4c5ccc(-c6cccc(-c7ccc8c9ccccc9c9nccnc9c8c7)c6)cc5c(c2)c34)cc1.c1ccc(-c2ccc3c(c2)c2cccc4c5cc(-c6cccc(-c7ccc8c(c7)c7ccccc7c7nccnc87)c6)ccc5n3c24)cc1. The van der Waals surface area contributed by atoms with Crippen molar-refractivity contribution in [2.75, 3.05) is 0 Å². The molecule has 0 radical (unpaired) electrons. The van der Waals surface area contributed by atoms with Crippen molar-refractivity contribution in [2.45, 2.75) is 0 Å². The maximum atomic E-state index is 4.80. The molecular formula is C138H81N9. The van der Waals surface area contributed by atoms with Crippen LogP contribution in [0.25, 0.3) is 312 Å². The van der Waals surface area contributed by atoms with E-state index in [4.69, 9.17) is 29.9 Å². The summed E-state index contributed by atoms with van der Waals surface area (Å²) in [6.45, 7) is 0. The first-order chi connectivity index (χ1) is 72.9. The van der Waals surface area contributed by atoms with Crippen LogP contribution in [0.2, 0.25) is 0 Å². The molecule has 0 saturated heterocycles. The number of nitrogens with zero attached hydrogens (tertiary/aromatic N) is 9. The van der Waals surface area contributed by atoms with Crippen molar-refractivity contribution in [3.8, 4) is 100 Å². The van der Waals surface area contributed by atoms with Crippen molar-refractivity contribution < 1.29 is 0 Å². The molecule has 0 N–H and O–H groups in total. The number of rotatable bonds is 9. The zero-order chi connectivity index (χ0) is 96.2. The molecule has 0 bridgehead atoms. The lowest BCUT2D eigenvalue weighted by molar-refractivity contribution is 1.31. The van der Waals surface area contributed by atoms with Gasteiger partial charge >= 0.3 is 0 Å². The Hall–Kier alpha value is -19.7. The highest BCUT2D eigenvalue weighted by atomic mass is 14.9. The molecule has 0 aliphatic rings. The molecule has 9 aromatic heterocycles. The fourth-order valence-corrected chi connectivity index (χ4v) is 24.5. The molecule has 678 valence electrons. The molecule has 0 unspecified atom stereocenters. The second kappa shape index (κ2) is 32.4. The number of aromatic nitrogens is 9. The number of fused-ring (bicyclic) bond motifs is 36. The molecule has 0 aliphatic carbocycles. The molecule has 0 amide bonds. The number of hydrogen-bond donors (Lipinski definition) is 0. The molecule has 24 aromatic carbocycles. The Balaban J connectivity index is 0.0000000999. The van der Waals surface area contributed by atoms with Crippen LogP contribution in [-0.2, 0) is 0 Å². The summed E-state index contributed by atoms with van der Waals surface area (Å²) in [5, 5.41) is 29.4. The first-order valence-corrected chi connectivity index (χ1v) is 50.2. The van der Waals surface area contributed by atoms with E-state index >= 15 is 0 Å². The fraction of sp³-hybridized carbons (Fsp3) is 0. The molecule has 0 saturated carbocycles. The minimum absolute atomic E-state index is 0.938. The number of para-hydroxylation sites is 3. The van der Waals surface area contributed by atoms with Crippen LogP contribution < -0.4 is 0 Å². The van der Waals surface area contributed by atoms with Crippen LogP contribution in [0.15, 0.2) is 492 Å². The molecule has 147 heavy (non-hydrogen) atoms. The van der Waals surface area contributed by atoms with E-state index in [9.17, 15) is 0 Å². The molecular weight excluding hydrogens is 1780 g/mol. The van der Waals surface area contributed by atoms with Gasteiger partial charge in [0.25, 0.3) is 0 Å². The standard InChI is InChI=1S/3C46H27N3/c1-2-8-28(9-3-1)31-17-20-42-40(26-31)37-14-7-15-38-41-27-33(18-21-43(41)49(42)46(37)38)30-11-6-10-29(24-30)32-16-19-36-39(25-32)34-12-4-5-13-35(34)44-45(36)48-23-22-47-44;1-2-9-28(10-3-1)33-26-40-36-14-6-7-16-42(36)49-43-20-18-32(24-38(43)41(27-33)46(40)49)30-12-8-11-29(23-30)31-17-19-35-34-13-4-5-15-37(34)44-45(39(35)25-31)48-22-21-47-44;1-2-9-28(10-3-1)33-26-40-35-14-6-7-16-42(35)49-43-20-18-32(25-39(43)41(27-33)46(40)49)30-12-8-11-29(23-30)31-17-19-37-38(24-31)34-13-4-5-15-36(34)44-45(37)48-22-21-47-44/h3*1-27H. The van der Waals surface area contributed by atoms with Crippen LogP contribution >= 0.6 is 0 Å². The average molecular weight is 1870 g/mol. The molecule has 0 aliphatic heterocycles. The number of benzene rings is 24. The summed E-state index contributed by atoms with van der Waals surface area (Å²) in [5.74, 6) is 0. The van der Waals surface area contributed by atoms with Crippen molar-refractivity contribution in [2.24, 2.45) is 0 Å². The van der Waals surface area contributed by atoms with Gasteiger partial charge in [0.1, 0.15) is 0 Å². The van der Waals surface area contributed by atoms with E-state index in [1.165, 1.54) is 241 Å². The van der Waals surface area contributed by atoms with Crippen LogP contribution in [0.5, 0.6) is 0 Å². The van der Waals surface area contributed by atoms with Gasteiger partial charge in [-0.3, -0.25) is 29.9 Å². The Morgan fingerprint density at radius 1 is 0.102 bits per heavy atom. The molecule has 9 heteroatoms. The lowest BCUT2D eigenvalue weighted by Gasteiger charge is -2.11. The van der Waals surface area contributed by atoms with Gasteiger partial charge < -0.3 is 13.2 Å². The third kappa shape index (κ3) is 12.7. The summed E-state index contributed by atoms with van der Waals surface area (Å²) in [5.41, 5.74) is 38.8. The maximum Gasteiger partial charge on any atom is 0.0971 e. The Labute approximate surface area is 841 Å². The highest BCUT2D eigenvalue weighted by Gasteiger charge is 2.26. The highest BCUT2D eigenvalue weighted by Crippen LogP contribution is 2.50. The van der Waals surface area contributed by atoms with Crippen LogP contribution in [0, 0.1) is 0 Å². The third-order valence-electron chi connectivity index (χ3n) is 31.2. The van der Waals surface area contributed by atoms with E-state index in [0.717, 1.165) is 71.0 Å². The quantitative estimate of drug-likeness (QED) is 0.134. The van der Waals surface area contributed by atoms with E-state index < -0.39 is 0 Å². The van der Waals surface area contributed by atoms with E-state index in [-0.39, 0.29) is 0 Å². The third-order valence-corrected chi connectivity index (χ3v) is 31.2. The van der Waals surface area contributed by atoms with E-state index in [0.29, 0.717) is 0 Å². The highest BCUT2D eigenvalue weighted by molar-refractivity contribution is 6.31. The Morgan fingerprint density at radius 2 is 0.293 bits per heavy atom. The Kier molecular flexibility index (Phi) is 18.1. The molecule has 33 aromatic rings. The lowest BCUT2D eigenvalue weighted by atomic mass is 9.94. The van der Waals surface area contributed by atoms with Gasteiger partial charge in [0.05, 0.1) is 82.8 Å². The summed E-state index contributed by atoms with van der Waals surface area (Å²) in [6, 6.07) is 166. The predicted molar refractivity (Wildman–Crippen MR) is 617 cm³/mol. The van der Waals surface area contributed by atoms with Crippen molar-refractivity contribution in [3.05, 3.63) is 492 Å². The average Bonchev–Trinajstić information content (AvgIpc) is 1.54. The Morgan fingerprint density at radius 3 is 0.639 bits per heavy atom. The van der Waals surface area contributed by atoms with Crippen LogP contribution in [0.3, 0.4) is 0 Å². The number of hydrogen-bond acceptors (Lipinski definition) is 6. The first-order valence-electron chi connectivity index (χ1n) is 50.2. The summed E-state index contributed by atoms with van der Waals surface area (Å²) in [7, 11) is 0. The van der Waals surface area contributed by atoms with E-state index in [1.54, 1.807) is 37.2 Å². The summed E-state index contributed by atoms with van der Waals surface area (Å²) in [4.78, 5) is 28.4. The normalized spacial score (nSPS) is 12.1. The minimum atomic E-state index is 0.938. The van der Waals surface area contributed by atoms with Gasteiger partial charge in [-0.1, -0.05) is 334 Å². The lowest BCUT2D eigenvalue weighted by Crippen LogP contribution is -1.89. The minimum Gasteiger partial charge on any atom is -0.308 e. The fourth-order valence-electron chi connectivity index (χ4n) is 24.5.